The lowest BCUT2D eigenvalue weighted by atomic mass is 10.00. The molecule has 1 unspecified atom stereocenters. The quantitative estimate of drug-likeness (QED) is 0.724. The number of benzene rings is 2. The zero-order valence-corrected chi connectivity index (χ0v) is 18.3. The van der Waals surface area contributed by atoms with Crippen molar-refractivity contribution in [3.05, 3.63) is 53.6 Å². The van der Waals surface area contributed by atoms with Gasteiger partial charge in [0.05, 0.1) is 7.11 Å². The molecule has 0 saturated carbocycles. The van der Waals surface area contributed by atoms with Crippen LogP contribution in [0.3, 0.4) is 0 Å². The summed E-state index contributed by atoms with van der Waals surface area (Å²) in [5.74, 6) is 0.539. The Morgan fingerprint density at radius 1 is 1.23 bits per heavy atom. The molecule has 0 radical (unpaired) electrons. The van der Waals surface area contributed by atoms with E-state index in [1.807, 2.05) is 56.3 Å². The van der Waals surface area contributed by atoms with E-state index in [0.29, 0.717) is 12.2 Å². The number of nitrogen functional groups attached to an aromatic ring is 1. The molecular formula is C24H30N4O3. The molecule has 1 fully saturated rings. The van der Waals surface area contributed by atoms with Crippen molar-refractivity contribution in [2.75, 3.05) is 24.3 Å². The predicted molar refractivity (Wildman–Crippen MR) is 121 cm³/mol. The third kappa shape index (κ3) is 4.04. The molecule has 7 nitrogen and oxygen atoms in total. The Kier molecular flexibility index (Phi) is 5.76. The fourth-order valence-electron chi connectivity index (χ4n) is 4.59. The largest absolute Gasteiger partial charge is 0.497 e. The first-order valence-electron chi connectivity index (χ1n) is 10.8. The number of hydrogen-bond acceptors (Lipinski definition) is 5. The average Bonchev–Trinajstić information content (AvgIpc) is 3.19. The van der Waals surface area contributed by atoms with Crippen molar-refractivity contribution in [1.29, 1.82) is 0 Å². The second-order valence-corrected chi connectivity index (χ2v) is 8.55. The second-order valence-electron chi connectivity index (χ2n) is 8.55. The van der Waals surface area contributed by atoms with Crippen LogP contribution in [-0.4, -0.2) is 42.5 Å². The van der Waals surface area contributed by atoms with Crippen LogP contribution in [0.1, 0.15) is 43.9 Å². The highest BCUT2D eigenvalue weighted by atomic mass is 16.5. The van der Waals surface area contributed by atoms with Gasteiger partial charge in [-0.05, 0) is 62.6 Å². The van der Waals surface area contributed by atoms with Gasteiger partial charge in [-0.25, -0.2) is 0 Å². The van der Waals surface area contributed by atoms with Gasteiger partial charge in [0, 0.05) is 36.1 Å². The molecule has 3 N–H and O–H groups in total. The van der Waals surface area contributed by atoms with Crippen molar-refractivity contribution >= 4 is 23.2 Å². The van der Waals surface area contributed by atoms with Crippen LogP contribution in [0.2, 0.25) is 0 Å². The smallest absolute Gasteiger partial charge is 0.247 e. The Morgan fingerprint density at radius 2 is 1.97 bits per heavy atom. The van der Waals surface area contributed by atoms with Crippen LogP contribution in [0.25, 0.3) is 0 Å². The zero-order valence-electron chi connectivity index (χ0n) is 18.3. The number of ether oxygens (including phenoxy) is 1. The maximum atomic E-state index is 13.8. The molecule has 2 aliphatic heterocycles. The van der Waals surface area contributed by atoms with Gasteiger partial charge in [0.2, 0.25) is 11.8 Å². The molecule has 0 bridgehead atoms. The summed E-state index contributed by atoms with van der Waals surface area (Å²) < 4.78 is 5.25. The molecule has 4 rings (SSSR count). The molecule has 1 saturated heterocycles. The molecule has 2 aromatic rings. The minimum absolute atomic E-state index is 0.0213. The normalized spacial score (nSPS) is 20.3. The molecule has 2 heterocycles. The molecule has 7 heteroatoms. The Bertz CT molecular complexity index is 973. The van der Waals surface area contributed by atoms with Crippen molar-refractivity contribution in [2.45, 2.75) is 51.4 Å². The first-order chi connectivity index (χ1) is 14.9. The van der Waals surface area contributed by atoms with Gasteiger partial charge < -0.3 is 25.6 Å². The fraction of sp³-hybridized carbons (Fsp3) is 0.417. The third-order valence-corrected chi connectivity index (χ3v) is 5.98. The van der Waals surface area contributed by atoms with Crippen LogP contribution in [0.15, 0.2) is 42.5 Å². The lowest BCUT2D eigenvalue weighted by Crippen LogP contribution is -2.48. The van der Waals surface area contributed by atoms with Crippen LogP contribution in [-0.2, 0) is 16.1 Å². The lowest BCUT2D eigenvalue weighted by molar-refractivity contribution is -0.142. The summed E-state index contributed by atoms with van der Waals surface area (Å²) in [7, 11) is 1.62. The van der Waals surface area contributed by atoms with Gasteiger partial charge in [-0.15, -0.1) is 0 Å². The van der Waals surface area contributed by atoms with E-state index in [-0.39, 0.29) is 23.9 Å². The number of nitrogens with zero attached hydrogens (tertiary/aromatic N) is 2. The van der Waals surface area contributed by atoms with Crippen molar-refractivity contribution in [1.82, 2.24) is 10.2 Å². The van der Waals surface area contributed by atoms with Gasteiger partial charge in [0.1, 0.15) is 17.8 Å². The van der Waals surface area contributed by atoms with E-state index in [0.717, 1.165) is 42.0 Å². The maximum absolute atomic E-state index is 13.8. The summed E-state index contributed by atoms with van der Waals surface area (Å²) in [6, 6.07) is 12.2. The lowest BCUT2D eigenvalue weighted by Gasteiger charge is -2.32. The van der Waals surface area contributed by atoms with Gasteiger partial charge in [0.25, 0.3) is 0 Å². The van der Waals surface area contributed by atoms with Crippen LogP contribution in [0.5, 0.6) is 5.75 Å². The van der Waals surface area contributed by atoms with Crippen molar-refractivity contribution in [3.63, 3.8) is 0 Å². The van der Waals surface area contributed by atoms with Crippen LogP contribution in [0.4, 0.5) is 11.4 Å². The van der Waals surface area contributed by atoms with Crippen molar-refractivity contribution < 1.29 is 14.3 Å². The minimum atomic E-state index is -0.749. The van der Waals surface area contributed by atoms with E-state index in [1.54, 1.807) is 12.0 Å². The van der Waals surface area contributed by atoms with Crippen LogP contribution in [0, 0.1) is 0 Å². The van der Waals surface area contributed by atoms with Gasteiger partial charge in [-0.1, -0.05) is 12.1 Å². The summed E-state index contributed by atoms with van der Waals surface area (Å²) in [5.41, 5.74) is 9.35. The van der Waals surface area contributed by atoms with E-state index in [2.05, 4.69) is 10.2 Å². The summed E-state index contributed by atoms with van der Waals surface area (Å²) in [4.78, 5) is 31.0. The number of hydrogen-bond donors (Lipinski definition) is 2. The number of fused-ring (bicyclic) bond motifs is 3. The molecule has 0 spiro atoms. The number of amides is 2. The van der Waals surface area contributed by atoms with E-state index in [9.17, 15) is 9.59 Å². The van der Waals surface area contributed by atoms with Gasteiger partial charge in [-0.2, -0.15) is 0 Å². The number of rotatable bonds is 5. The monoisotopic (exact) mass is 422 g/mol. The number of carbonyl (C=O) groups is 2. The zero-order chi connectivity index (χ0) is 22.1. The number of carbonyl (C=O) groups excluding carboxylic acids is 2. The second kappa shape index (κ2) is 8.49. The Balaban J connectivity index is 1.82. The summed E-state index contributed by atoms with van der Waals surface area (Å²) in [6.45, 7) is 4.96. The standard InChI is InChI=1S/C24H30N4O3/c1-15(2)26-23(29)22-19-13-17(25)8-11-20(19)27-12-4-5-21(27)24(30)28(22)14-16-6-9-18(31-3)10-7-16/h6-11,13,15,21-22H,4-5,12,14,25H2,1-3H3,(H,26,29)/t21?,22-/m0/s1. The third-order valence-electron chi connectivity index (χ3n) is 5.98. The van der Waals surface area contributed by atoms with Crippen molar-refractivity contribution in [3.8, 4) is 5.75 Å². The molecule has 0 aromatic heterocycles. The molecular weight excluding hydrogens is 392 g/mol. The highest BCUT2D eigenvalue weighted by molar-refractivity contribution is 5.96. The van der Waals surface area contributed by atoms with Crippen LogP contribution >= 0.6 is 0 Å². The van der Waals surface area contributed by atoms with Crippen molar-refractivity contribution in [2.24, 2.45) is 0 Å². The highest BCUT2D eigenvalue weighted by Gasteiger charge is 2.44. The number of nitrogens with two attached hydrogens (primary N) is 1. The Hall–Kier alpha value is -3.22. The van der Waals surface area contributed by atoms with E-state index in [1.165, 1.54) is 0 Å². The first kappa shape index (κ1) is 21.0. The number of nitrogens with one attached hydrogen (secondary N) is 1. The van der Waals surface area contributed by atoms with Gasteiger partial charge in [0.15, 0.2) is 0 Å². The van der Waals surface area contributed by atoms with E-state index < -0.39 is 6.04 Å². The molecule has 0 aliphatic carbocycles. The Labute approximate surface area is 183 Å². The molecule has 2 atom stereocenters. The van der Waals surface area contributed by atoms with Gasteiger partial charge in [-0.3, -0.25) is 9.59 Å². The fourth-order valence-corrected chi connectivity index (χ4v) is 4.59. The first-order valence-corrected chi connectivity index (χ1v) is 10.8. The number of anilines is 2. The summed E-state index contributed by atoms with van der Waals surface area (Å²) >= 11 is 0. The SMILES string of the molecule is COc1ccc(CN2C(=O)C3CCCN3c3ccc(N)cc3[C@H]2C(=O)NC(C)C)cc1. The average molecular weight is 423 g/mol. The molecule has 2 amide bonds. The number of methoxy groups -OCH3 is 1. The summed E-state index contributed by atoms with van der Waals surface area (Å²) in [6.07, 6.45) is 1.72. The predicted octanol–water partition coefficient (Wildman–Crippen LogP) is 2.85. The van der Waals surface area contributed by atoms with E-state index >= 15 is 0 Å². The molecule has 2 aliphatic rings. The minimum Gasteiger partial charge on any atom is -0.497 e. The Morgan fingerprint density at radius 3 is 2.65 bits per heavy atom. The highest BCUT2D eigenvalue weighted by Crippen LogP contribution is 2.41. The maximum Gasteiger partial charge on any atom is 0.247 e. The van der Waals surface area contributed by atoms with Crippen LogP contribution < -0.4 is 20.7 Å². The summed E-state index contributed by atoms with van der Waals surface area (Å²) in [5, 5.41) is 3.01. The van der Waals surface area contributed by atoms with Gasteiger partial charge >= 0.3 is 0 Å². The molecule has 31 heavy (non-hydrogen) atoms. The topological polar surface area (TPSA) is 87.9 Å². The molecule has 164 valence electrons. The van der Waals surface area contributed by atoms with E-state index in [4.69, 9.17) is 10.5 Å². The molecule has 2 aromatic carbocycles.